The van der Waals surface area contributed by atoms with Crippen molar-refractivity contribution in [1.29, 1.82) is 0 Å². The second-order valence-corrected chi connectivity index (χ2v) is 7.34. The van der Waals surface area contributed by atoms with E-state index in [1.54, 1.807) is 11.3 Å². The summed E-state index contributed by atoms with van der Waals surface area (Å²) in [6.45, 7) is 0. The summed E-state index contributed by atoms with van der Waals surface area (Å²) >= 11 is 1.62. The number of nitrogens with one attached hydrogen (secondary N) is 1. The molecule has 25 heavy (non-hydrogen) atoms. The van der Waals surface area contributed by atoms with Crippen LogP contribution in [-0.4, -0.2) is 21.8 Å². The molecular formula is C20H17N3OS. The summed E-state index contributed by atoms with van der Waals surface area (Å²) in [5.41, 5.74) is 3.67. The summed E-state index contributed by atoms with van der Waals surface area (Å²) in [7, 11) is 0. The van der Waals surface area contributed by atoms with E-state index in [2.05, 4.69) is 22.8 Å². The molecule has 2 aliphatic rings. The summed E-state index contributed by atoms with van der Waals surface area (Å²) in [4.78, 5) is 19.8. The minimum atomic E-state index is -0.191. The summed E-state index contributed by atoms with van der Waals surface area (Å²) < 4.78 is 0. The van der Waals surface area contributed by atoms with Gasteiger partial charge in [-0.25, -0.2) is 4.98 Å². The van der Waals surface area contributed by atoms with Crippen LogP contribution in [0.3, 0.4) is 0 Å². The molecule has 1 atom stereocenters. The normalized spacial score (nSPS) is 19.4. The van der Waals surface area contributed by atoms with E-state index in [1.807, 2.05) is 47.4 Å². The SMILES string of the molecule is O=C1c2ccccc2NC(c2csc(-c3ccccc3)n2)N1C1CC1. The van der Waals surface area contributed by atoms with E-state index in [9.17, 15) is 4.79 Å². The fourth-order valence-corrected chi connectivity index (χ4v) is 4.18. The van der Waals surface area contributed by atoms with Crippen molar-refractivity contribution < 1.29 is 4.79 Å². The van der Waals surface area contributed by atoms with E-state index in [-0.39, 0.29) is 12.1 Å². The average Bonchev–Trinajstić information content (AvgIpc) is 3.37. The van der Waals surface area contributed by atoms with Crippen LogP contribution >= 0.6 is 11.3 Å². The maximum Gasteiger partial charge on any atom is 0.258 e. The predicted octanol–water partition coefficient (Wildman–Crippen LogP) is 4.54. The molecule has 0 saturated heterocycles. The molecule has 1 amide bonds. The Morgan fingerprint density at radius 2 is 1.80 bits per heavy atom. The number of nitrogens with zero attached hydrogens (tertiary/aromatic N) is 2. The van der Waals surface area contributed by atoms with Gasteiger partial charge in [0.05, 0.1) is 11.3 Å². The van der Waals surface area contributed by atoms with Crippen LogP contribution in [-0.2, 0) is 0 Å². The highest BCUT2D eigenvalue weighted by atomic mass is 32.1. The van der Waals surface area contributed by atoms with E-state index < -0.39 is 0 Å². The lowest BCUT2D eigenvalue weighted by Crippen LogP contribution is -2.44. The van der Waals surface area contributed by atoms with Crippen LogP contribution in [0.1, 0.15) is 35.1 Å². The molecule has 5 rings (SSSR count). The van der Waals surface area contributed by atoms with Crippen LogP contribution in [0, 0.1) is 0 Å². The van der Waals surface area contributed by atoms with E-state index in [0.29, 0.717) is 6.04 Å². The van der Waals surface area contributed by atoms with E-state index >= 15 is 0 Å². The van der Waals surface area contributed by atoms with Crippen LogP contribution in [0.15, 0.2) is 60.0 Å². The predicted molar refractivity (Wildman–Crippen MR) is 99.5 cm³/mol. The Kier molecular flexibility index (Phi) is 3.35. The van der Waals surface area contributed by atoms with Gasteiger partial charge in [0.2, 0.25) is 0 Å². The number of anilines is 1. The molecular weight excluding hydrogens is 330 g/mol. The average molecular weight is 347 g/mol. The number of aromatic nitrogens is 1. The summed E-state index contributed by atoms with van der Waals surface area (Å²) in [6.07, 6.45) is 1.95. The quantitative estimate of drug-likeness (QED) is 0.756. The minimum Gasteiger partial charge on any atom is -0.359 e. The number of benzene rings is 2. The number of hydrogen-bond donors (Lipinski definition) is 1. The first kappa shape index (κ1) is 14.7. The topological polar surface area (TPSA) is 45.2 Å². The van der Waals surface area contributed by atoms with Gasteiger partial charge in [0.15, 0.2) is 0 Å². The smallest absolute Gasteiger partial charge is 0.258 e. The molecule has 1 fully saturated rings. The Morgan fingerprint density at radius 1 is 1.04 bits per heavy atom. The van der Waals surface area contributed by atoms with Crippen LogP contribution in [0.25, 0.3) is 10.6 Å². The van der Waals surface area contributed by atoms with E-state index in [1.165, 1.54) is 0 Å². The van der Waals surface area contributed by atoms with Gasteiger partial charge in [-0.15, -0.1) is 11.3 Å². The van der Waals surface area contributed by atoms with Crippen molar-refractivity contribution in [1.82, 2.24) is 9.88 Å². The monoisotopic (exact) mass is 347 g/mol. The number of fused-ring (bicyclic) bond motifs is 1. The molecule has 0 radical (unpaired) electrons. The lowest BCUT2D eigenvalue weighted by atomic mass is 10.1. The van der Waals surface area contributed by atoms with Crippen molar-refractivity contribution in [3.63, 3.8) is 0 Å². The molecule has 0 bridgehead atoms. The van der Waals surface area contributed by atoms with Crippen LogP contribution in [0.5, 0.6) is 0 Å². The van der Waals surface area contributed by atoms with Gasteiger partial charge in [0.1, 0.15) is 11.2 Å². The number of rotatable bonds is 3. The maximum absolute atomic E-state index is 13.0. The molecule has 1 aromatic heterocycles. The fraction of sp³-hybridized carbons (Fsp3) is 0.200. The first-order valence-electron chi connectivity index (χ1n) is 8.50. The number of hydrogen-bond acceptors (Lipinski definition) is 4. The summed E-state index contributed by atoms with van der Waals surface area (Å²) in [5, 5.41) is 6.58. The van der Waals surface area contributed by atoms with Gasteiger partial charge >= 0.3 is 0 Å². The van der Waals surface area contributed by atoms with Crippen molar-refractivity contribution in [3.05, 3.63) is 71.2 Å². The van der Waals surface area contributed by atoms with Crippen molar-refractivity contribution >= 4 is 22.9 Å². The first-order valence-corrected chi connectivity index (χ1v) is 9.38. The zero-order valence-corrected chi connectivity index (χ0v) is 14.4. The highest BCUT2D eigenvalue weighted by molar-refractivity contribution is 7.13. The molecule has 124 valence electrons. The van der Waals surface area contributed by atoms with Gasteiger partial charge in [-0.1, -0.05) is 42.5 Å². The Hall–Kier alpha value is -2.66. The third-order valence-corrected chi connectivity index (χ3v) is 5.64. The molecule has 0 spiro atoms. The van der Waals surface area contributed by atoms with Gasteiger partial charge in [-0.3, -0.25) is 4.79 Å². The standard InChI is InChI=1S/C20H17N3OS/c24-20-15-8-4-5-9-16(15)21-18(23(20)14-10-11-14)17-12-25-19(22-17)13-6-2-1-3-7-13/h1-9,12,14,18,21H,10-11H2. The molecule has 1 aliphatic heterocycles. The highest BCUT2D eigenvalue weighted by Crippen LogP contribution is 2.41. The van der Waals surface area contributed by atoms with Crippen molar-refractivity contribution in [2.75, 3.05) is 5.32 Å². The van der Waals surface area contributed by atoms with Crippen molar-refractivity contribution in [3.8, 4) is 10.6 Å². The van der Waals surface area contributed by atoms with Crippen LogP contribution in [0.4, 0.5) is 5.69 Å². The molecule has 1 saturated carbocycles. The maximum atomic E-state index is 13.0. The third kappa shape index (κ3) is 2.51. The zero-order chi connectivity index (χ0) is 16.8. The number of thiazole rings is 1. The molecule has 5 heteroatoms. The zero-order valence-electron chi connectivity index (χ0n) is 13.6. The number of para-hydroxylation sites is 1. The Balaban J connectivity index is 1.54. The largest absolute Gasteiger partial charge is 0.359 e. The number of carbonyl (C=O) groups excluding carboxylic acids is 1. The molecule has 1 N–H and O–H groups in total. The van der Waals surface area contributed by atoms with Gasteiger partial charge in [-0.05, 0) is 25.0 Å². The third-order valence-electron chi connectivity index (χ3n) is 4.73. The van der Waals surface area contributed by atoms with E-state index in [0.717, 1.165) is 40.4 Å². The molecule has 4 nitrogen and oxygen atoms in total. The number of carbonyl (C=O) groups is 1. The van der Waals surface area contributed by atoms with Crippen LogP contribution in [0.2, 0.25) is 0 Å². The highest BCUT2D eigenvalue weighted by Gasteiger charge is 2.42. The Labute approximate surface area is 150 Å². The second kappa shape index (κ2) is 5.70. The molecule has 1 aliphatic carbocycles. The molecule has 2 heterocycles. The fourth-order valence-electron chi connectivity index (χ4n) is 3.34. The lowest BCUT2D eigenvalue weighted by Gasteiger charge is -2.37. The van der Waals surface area contributed by atoms with E-state index in [4.69, 9.17) is 4.98 Å². The first-order chi connectivity index (χ1) is 12.3. The van der Waals surface area contributed by atoms with Gasteiger partial charge in [-0.2, -0.15) is 0 Å². The molecule has 3 aromatic rings. The lowest BCUT2D eigenvalue weighted by molar-refractivity contribution is 0.0663. The Morgan fingerprint density at radius 3 is 2.60 bits per heavy atom. The van der Waals surface area contributed by atoms with Crippen molar-refractivity contribution in [2.45, 2.75) is 25.0 Å². The summed E-state index contributed by atoms with van der Waals surface area (Å²) in [6, 6.07) is 18.2. The van der Waals surface area contributed by atoms with Gasteiger partial charge < -0.3 is 10.2 Å². The minimum absolute atomic E-state index is 0.108. The Bertz CT molecular complexity index is 933. The number of amides is 1. The van der Waals surface area contributed by atoms with Gasteiger partial charge in [0, 0.05) is 22.7 Å². The van der Waals surface area contributed by atoms with Crippen LogP contribution < -0.4 is 5.32 Å². The van der Waals surface area contributed by atoms with Crippen molar-refractivity contribution in [2.24, 2.45) is 0 Å². The second-order valence-electron chi connectivity index (χ2n) is 6.48. The molecule has 1 unspecified atom stereocenters. The molecule has 2 aromatic carbocycles. The summed E-state index contributed by atoms with van der Waals surface area (Å²) in [5.74, 6) is 0.108. The van der Waals surface area contributed by atoms with Gasteiger partial charge in [0.25, 0.3) is 5.91 Å².